The molecule has 1 aromatic carbocycles. The highest BCUT2D eigenvalue weighted by molar-refractivity contribution is 7.86. The van der Waals surface area contributed by atoms with Crippen LogP contribution in [0.2, 0.25) is 0 Å². The number of amides is 1. The summed E-state index contributed by atoms with van der Waals surface area (Å²) in [4.78, 5) is 11.3. The van der Waals surface area contributed by atoms with Gasteiger partial charge in [0.2, 0.25) is 0 Å². The minimum Gasteiger partial charge on any atom is -0.319 e. The van der Waals surface area contributed by atoms with Crippen molar-refractivity contribution in [2.24, 2.45) is 7.05 Å². The van der Waals surface area contributed by atoms with E-state index in [1.54, 1.807) is 7.05 Å². The van der Waals surface area contributed by atoms with Gasteiger partial charge in [0.05, 0.1) is 5.69 Å². The summed E-state index contributed by atoms with van der Waals surface area (Å²) in [5.74, 6) is -0.573. The minimum atomic E-state index is -4.90. The quantitative estimate of drug-likeness (QED) is 0.862. The van der Waals surface area contributed by atoms with Crippen molar-refractivity contribution in [2.75, 3.05) is 5.32 Å². The number of hydrogen-bond donors (Lipinski definition) is 1. The maximum atomic E-state index is 13.1. The zero-order valence-electron chi connectivity index (χ0n) is 9.87. The van der Waals surface area contributed by atoms with E-state index in [2.05, 4.69) is 10.4 Å². The summed E-state index contributed by atoms with van der Waals surface area (Å²) in [5.41, 5.74) is 0.113. The summed E-state index contributed by atoms with van der Waals surface area (Å²) >= 11 is 0. The standard InChI is InChI=1S/C11H10FN3O3S/c1-15-9(6-7-13-15)11(16)14-8-4-2-3-5-10(8)19(12,17)18/h2-7H,1H3,(H,14,16). The van der Waals surface area contributed by atoms with Crippen molar-refractivity contribution in [1.82, 2.24) is 9.78 Å². The molecule has 6 nitrogen and oxygen atoms in total. The van der Waals surface area contributed by atoms with Gasteiger partial charge in [0.25, 0.3) is 5.91 Å². The Kier molecular flexibility index (Phi) is 3.34. The number of para-hydroxylation sites is 1. The molecular weight excluding hydrogens is 273 g/mol. The van der Waals surface area contributed by atoms with E-state index in [0.717, 1.165) is 6.07 Å². The van der Waals surface area contributed by atoms with Gasteiger partial charge in [0.1, 0.15) is 10.6 Å². The van der Waals surface area contributed by atoms with E-state index >= 15 is 0 Å². The van der Waals surface area contributed by atoms with Crippen LogP contribution >= 0.6 is 0 Å². The smallest absolute Gasteiger partial charge is 0.319 e. The first-order chi connectivity index (χ1) is 8.89. The molecule has 2 aromatic rings. The average molecular weight is 283 g/mol. The molecule has 0 bridgehead atoms. The Bertz CT molecular complexity index is 724. The zero-order valence-corrected chi connectivity index (χ0v) is 10.7. The van der Waals surface area contributed by atoms with E-state index in [0.29, 0.717) is 0 Å². The van der Waals surface area contributed by atoms with Crippen LogP contribution in [-0.4, -0.2) is 24.1 Å². The molecule has 0 aliphatic carbocycles. The Morgan fingerprint density at radius 2 is 2.00 bits per heavy atom. The molecule has 0 unspecified atom stereocenters. The molecule has 8 heteroatoms. The number of nitrogens with zero attached hydrogens (tertiary/aromatic N) is 2. The lowest BCUT2D eigenvalue weighted by molar-refractivity contribution is 0.101. The van der Waals surface area contributed by atoms with E-state index < -0.39 is 21.0 Å². The van der Waals surface area contributed by atoms with Crippen LogP contribution in [0.5, 0.6) is 0 Å². The zero-order chi connectivity index (χ0) is 14.0. The lowest BCUT2D eigenvalue weighted by Crippen LogP contribution is -2.17. The number of nitrogens with one attached hydrogen (secondary N) is 1. The van der Waals surface area contributed by atoms with Crippen molar-refractivity contribution in [2.45, 2.75) is 4.90 Å². The minimum absolute atomic E-state index is 0.115. The van der Waals surface area contributed by atoms with Gasteiger partial charge in [-0.05, 0) is 18.2 Å². The Labute approximate surface area is 109 Å². The van der Waals surface area contributed by atoms with Crippen LogP contribution < -0.4 is 5.32 Å². The van der Waals surface area contributed by atoms with Crippen LogP contribution in [0.3, 0.4) is 0 Å². The highest BCUT2D eigenvalue weighted by Gasteiger charge is 2.19. The molecule has 0 aliphatic heterocycles. The molecule has 1 amide bonds. The first kappa shape index (κ1) is 13.2. The van der Waals surface area contributed by atoms with Crippen molar-refractivity contribution in [3.8, 4) is 0 Å². The monoisotopic (exact) mass is 283 g/mol. The van der Waals surface area contributed by atoms with Crippen LogP contribution in [0.25, 0.3) is 0 Å². The number of hydrogen-bond acceptors (Lipinski definition) is 4. The van der Waals surface area contributed by atoms with Crippen molar-refractivity contribution in [3.05, 3.63) is 42.2 Å². The van der Waals surface area contributed by atoms with Gasteiger partial charge >= 0.3 is 10.2 Å². The van der Waals surface area contributed by atoms with Crippen molar-refractivity contribution in [3.63, 3.8) is 0 Å². The first-order valence-corrected chi connectivity index (χ1v) is 6.61. The summed E-state index contributed by atoms with van der Waals surface area (Å²) in [6, 6.07) is 6.70. The van der Waals surface area contributed by atoms with E-state index in [1.807, 2.05) is 0 Å². The summed E-state index contributed by atoms with van der Waals surface area (Å²) < 4.78 is 36.3. The summed E-state index contributed by atoms with van der Waals surface area (Å²) in [6.45, 7) is 0. The number of halogens is 1. The SMILES string of the molecule is Cn1nccc1C(=O)Nc1ccccc1S(=O)(=O)F. The number of rotatable bonds is 3. The molecule has 100 valence electrons. The molecule has 0 saturated carbocycles. The number of benzene rings is 1. The highest BCUT2D eigenvalue weighted by atomic mass is 32.3. The van der Waals surface area contributed by atoms with Crippen LogP contribution in [0.4, 0.5) is 9.57 Å². The summed E-state index contributed by atoms with van der Waals surface area (Å²) in [6.07, 6.45) is 1.42. The molecule has 1 aromatic heterocycles. The third-order valence-corrected chi connectivity index (χ3v) is 3.33. The predicted molar refractivity (Wildman–Crippen MR) is 65.9 cm³/mol. The Balaban J connectivity index is 2.35. The molecule has 0 fully saturated rings. The lowest BCUT2D eigenvalue weighted by atomic mass is 10.3. The van der Waals surface area contributed by atoms with Crippen LogP contribution in [0, 0.1) is 0 Å². The van der Waals surface area contributed by atoms with Gasteiger partial charge in [-0.25, -0.2) is 0 Å². The average Bonchev–Trinajstić information content (AvgIpc) is 2.75. The number of carbonyl (C=O) groups is 1. The van der Waals surface area contributed by atoms with E-state index in [1.165, 1.54) is 35.1 Å². The number of carbonyl (C=O) groups excluding carboxylic acids is 1. The molecule has 0 aliphatic rings. The lowest BCUT2D eigenvalue weighted by Gasteiger charge is -2.08. The number of anilines is 1. The largest absolute Gasteiger partial charge is 0.334 e. The van der Waals surface area contributed by atoms with Crippen molar-refractivity contribution < 1.29 is 17.1 Å². The maximum Gasteiger partial charge on any atom is 0.334 e. The van der Waals surface area contributed by atoms with Gasteiger partial charge in [-0.15, -0.1) is 3.89 Å². The second kappa shape index (κ2) is 4.81. The highest BCUT2D eigenvalue weighted by Crippen LogP contribution is 2.23. The topological polar surface area (TPSA) is 81.1 Å². The second-order valence-electron chi connectivity index (χ2n) is 3.73. The van der Waals surface area contributed by atoms with E-state index in [4.69, 9.17) is 0 Å². The van der Waals surface area contributed by atoms with Gasteiger partial charge in [-0.3, -0.25) is 9.48 Å². The van der Waals surface area contributed by atoms with Gasteiger partial charge in [-0.1, -0.05) is 12.1 Å². The van der Waals surface area contributed by atoms with Crippen molar-refractivity contribution in [1.29, 1.82) is 0 Å². The Morgan fingerprint density at radius 1 is 1.32 bits per heavy atom. The third-order valence-electron chi connectivity index (χ3n) is 2.45. The van der Waals surface area contributed by atoms with Gasteiger partial charge < -0.3 is 5.32 Å². The fourth-order valence-corrected chi connectivity index (χ4v) is 2.19. The van der Waals surface area contributed by atoms with E-state index in [-0.39, 0.29) is 11.4 Å². The molecule has 2 rings (SSSR count). The van der Waals surface area contributed by atoms with Gasteiger partial charge in [0, 0.05) is 13.2 Å². The summed E-state index contributed by atoms with van der Waals surface area (Å²) in [7, 11) is -3.33. The fourth-order valence-electron chi connectivity index (χ4n) is 1.57. The number of aryl methyl sites for hydroxylation is 1. The first-order valence-electron chi connectivity index (χ1n) is 5.22. The molecule has 0 radical (unpaired) electrons. The third kappa shape index (κ3) is 2.79. The molecular formula is C11H10FN3O3S. The summed E-state index contributed by atoms with van der Waals surface area (Å²) in [5, 5.41) is 6.16. The molecule has 0 atom stereocenters. The molecule has 1 N–H and O–H groups in total. The van der Waals surface area contributed by atoms with Gasteiger partial charge in [0.15, 0.2) is 0 Å². The normalized spacial score (nSPS) is 11.3. The number of aromatic nitrogens is 2. The van der Waals surface area contributed by atoms with Crippen LogP contribution in [-0.2, 0) is 17.3 Å². The van der Waals surface area contributed by atoms with Gasteiger partial charge in [-0.2, -0.15) is 13.5 Å². The fraction of sp³-hybridized carbons (Fsp3) is 0.0909. The molecule has 0 spiro atoms. The van der Waals surface area contributed by atoms with Crippen LogP contribution in [0.15, 0.2) is 41.4 Å². The Hall–Kier alpha value is -2.22. The predicted octanol–water partition coefficient (Wildman–Crippen LogP) is 1.33. The van der Waals surface area contributed by atoms with Crippen molar-refractivity contribution >= 4 is 21.8 Å². The Morgan fingerprint density at radius 3 is 2.58 bits per heavy atom. The molecule has 19 heavy (non-hydrogen) atoms. The second-order valence-corrected chi connectivity index (χ2v) is 5.04. The maximum absolute atomic E-state index is 13.1. The molecule has 1 heterocycles. The van der Waals surface area contributed by atoms with Crippen LogP contribution in [0.1, 0.15) is 10.5 Å². The molecule has 0 saturated heterocycles. The van der Waals surface area contributed by atoms with E-state index in [9.17, 15) is 17.1 Å².